The van der Waals surface area contributed by atoms with Gasteiger partial charge in [-0.3, -0.25) is 4.79 Å². The molecule has 0 fully saturated rings. The average molecular weight is 296 g/mol. The van der Waals surface area contributed by atoms with Gasteiger partial charge in [0.15, 0.2) is 0 Å². The summed E-state index contributed by atoms with van der Waals surface area (Å²) in [7, 11) is 0. The normalized spacial score (nSPS) is 10.4. The summed E-state index contributed by atoms with van der Waals surface area (Å²) in [5, 5.41) is 12.5. The number of carboxylic acids is 1. The molecule has 1 aromatic carbocycles. The van der Waals surface area contributed by atoms with Crippen LogP contribution >= 0.6 is 22.9 Å². The van der Waals surface area contributed by atoms with E-state index in [1.807, 2.05) is 29.6 Å². The third-order valence-electron chi connectivity index (χ3n) is 2.78. The Morgan fingerprint density at radius 1 is 1.42 bits per heavy atom. The molecule has 2 aromatic rings. The van der Waals surface area contributed by atoms with Crippen LogP contribution in [0.3, 0.4) is 0 Å². The van der Waals surface area contributed by atoms with Crippen molar-refractivity contribution in [3.63, 3.8) is 0 Å². The second-order valence-electron chi connectivity index (χ2n) is 4.04. The van der Waals surface area contributed by atoms with Gasteiger partial charge in [0.1, 0.15) is 0 Å². The Bertz CT molecular complexity index is 569. The lowest BCUT2D eigenvalue weighted by Gasteiger charge is -2.22. The molecule has 5 heteroatoms. The van der Waals surface area contributed by atoms with Gasteiger partial charge in [0.05, 0.1) is 11.4 Å². The van der Waals surface area contributed by atoms with E-state index in [2.05, 4.69) is 11.8 Å². The van der Waals surface area contributed by atoms with Gasteiger partial charge >= 0.3 is 5.97 Å². The van der Waals surface area contributed by atoms with Crippen LogP contribution in [0.1, 0.15) is 12.5 Å². The summed E-state index contributed by atoms with van der Waals surface area (Å²) in [6.07, 6.45) is -0.0513. The fourth-order valence-electron chi connectivity index (χ4n) is 1.90. The van der Waals surface area contributed by atoms with E-state index in [1.165, 1.54) is 0 Å². The average Bonchev–Trinajstić information content (AvgIpc) is 2.87. The van der Waals surface area contributed by atoms with Gasteiger partial charge in [-0.05, 0) is 42.1 Å². The molecule has 0 atom stereocenters. The van der Waals surface area contributed by atoms with Crippen molar-refractivity contribution < 1.29 is 9.90 Å². The lowest BCUT2D eigenvalue weighted by atomic mass is 10.1. The third kappa shape index (κ3) is 3.28. The summed E-state index contributed by atoms with van der Waals surface area (Å²) in [5.41, 5.74) is 1.62. The highest BCUT2D eigenvalue weighted by molar-refractivity contribution is 7.14. The SMILES string of the molecule is CCN(c1ccc(CC(=O)O)c(Cl)c1)c1cccs1. The Balaban J connectivity index is 2.30. The maximum absolute atomic E-state index is 10.7. The van der Waals surface area contributed by atoms with Gasteiger partial charge in [0.2, 0.25) is 0 Å². The minimum atomic E-state index is -0.875. The number of halogens is 1. The van der Waals surface area contributed by atoms with Crippen LogP contribution in [-0.4, -0.2) is 17.6 Å². The molecule has 0 saturated carbocycles. The molecule has 0 aliphatic heterocycles. The maximum Gasteiger partial charge on any atom is 0.307 e. The first kappa shape index (κ1) is 13.9. The van der Waals surface area contributed by atoms with Gasteiger partial charge in [-0.15, -0.1) is 11.3 Å². The van der Waals surface area contributed by atoms with Crippen LogP contribution in [0.5, 0.6) is 0 Å². The number of anilines is 2. The van der Waals surface area contributed by atoms with Crippen molar-refractivity contribution in [3.05, 3.63) is 46.3 Å². The zero-order valence-electron chi connectivity index (χ0n) is 10.5. The summed E-state index contributed by atoms with van der Waals surface area (Å²) in [4.78, 5) is 12.9. The summed E-state index contributed by atoms with van der Waals surface area (Å²) in [6.45, 7) is 2.90. The quantitative estimate of drug-likeness (QED) is 0.899. The van der Waals surface area contributed by atoms with E-state index < -0.39 is 5.97 Å². The van der Waals surface area contributed by atoms with Crippen molar-refractivity contribution in [3.8, 4) is 0 Å². The van der Waals surface area contributed by atoms with Gasteiger partial charge < -0.3 is 10.0 Å². The van der Waals surface area contributed by atoms with E-state index in [1.54, 1.807) is 17.4 Å². The van der Waals surface area contributed by atoms with Crippen LogP contribution in [0.2, 0.25) is 5.02 Å². The maximum atomic E-state index is 10.7. The van der Waals surface area contributed by atoms with E-state index in [0.29, 0.717) is 10.6 Å². The molecule has 0 unspecified atom stereocenters. The zero-order valence-corrected chi connectivity index (χ0v) is 12.0. The highest BCUT2D eigenvalue weighted by atomic mass is 35.5. The number of benzene rings is 1. The molecule has 0 spiro atoms. The molecule has 2 rings (SSSR count). The number of hydrogen-bond acceptors (Lipinski definition) is 3. The van der Waals surface area contributed by atoms with Crippen LogP contribution < -0.4 is 4.90 Å². The van der Waals surface area contributed by atoms with Crippen molar-refractivity contribution >= 4 is 39.6 Å². The number of carbonyl (C=O) groups is 1. The first-order valence-corrected chi connectivity index (χ1v) is 7.19. The fourth-order valence-corrected chi connectivity index (χ4v) is 2.96. The van der Waals surface area contributed by atoms with E-state index in [-0.39, 0.29) is 6.42 Å². The summed E-state index contributed by atoms with van der Waals surface area (Å²) in [5.74, 6) is -0.875. The molecule has 0 radical (unpaired) electrons. The van der Waals surface area contributed by atoms with Crippen LogP contribution in [0.15, 0.2) is 35.7 Å². The molecule has 100 valence electrons. The zero-order chi connectivity index (χ0) is 13.8. The Morgan fingerprint density at radius 2 is 2.21 bits per heavy atom. The van der Waals surface area contributed by atoms with Crippen molar-refractivity contribution in [2.75, 3.05) is 11.4 Å². The number of carboxylic acid groups (broad SMARTS) is 1. The third-order valence-corrected chi connectivity index (χ3v) is 4.02. The summed E-state index contributed by atoms with van der Waals surface area (Å²) < 4.78 is 0. The van der Waals surface area contributed by atoms with Crippen molar-refractivity contribution in [2.24, 2.45) is 0 Å². The Hall–Kier alpha value is -1.52. The van der Waals surface area contributed by atoms with E-state index >= 15 is 0 Å². The highest BCUT2D eigenvalue weighted by Crippen LogP contribution is 2.32. The smallest absolute Gasteiger partial charge is 0.307 e. The van der Waals surface area contributed by atoms with E-state index in [0.717, 1.165) is 17.2 Å². The van der Waals surface area contributed by atoms with Gasteiger partial charge in [-0.2, -0.15) is 0 Å². The van der Waals surface area contributed by atoms with E-state index in [9.17, 15) is 4.79 Å². The number of rotatable bonds is 5. The first-order valence-electron chi connectivity index (χ1n) is 5.93. The molecule has 19 heavy (non-hydrogen) atoms. The largest absolute Gasteiger partial charge is 0.481 e. The van der Waals surface area contributed by atoms with Gasteiger partial charge in [0, 0.05) is 17.3 Å². The minimum absolute atomic E-state index is 0.0513. The predicted octanol–water partition coefficient (Wildman–Crippen LogP) is 4.19. The van der Waals surface area contributed by atoms with Gasteiger partial charge in [-0.25, -0.2) is 0 Å². The Kier molecular flexibility index (Phi) is 4.45. The molecule has 0 saturated heterocycles. The molecule has 0 aliphatic carbocycles. The minimum Gasteiger partial charge on any atom is -0.481 e. The summed E-state index contributed by atoms with van der Waals surface area (Å²) in [6, 6.07) is 9.56. The molecule has 3 nitrogen and oxygen atoms in total. The molecule has 1 heterocycles. The molecule has 1 N–H and O–H groups in total. The second-order valence-corrected chi connectivity index (χ2v) is 5.38. The number of nitrogens with zero attached hydrogens (tertiary/aromatic N) is 1. The molecule has 1 aromatic heterocycles. The van der Waals surface area contributed by atoms with Crippen LogP contribution in [0.25, 0.3) is 0 Å². The highest BCUT2D eigenvalue weighted by Gasteiger charge is 2.11. The monoisotopic (exact) mass is 295 g/mol. The fraction of sp³-hybridized carbons (Fsp3) is 0.214. The molecule has 0 aliphatic rings. The Morgan fingerprint density at radius 3 is 2.74 bits per heavy atom. The van der Waals surface area contributed by atoms with Crippen molar-refractivity contribution in [2.45, 2.75) is 13.3 Å². The van der Waals surface area contributed by atoms with Crippen LogP contribution in [0, 0.1) is 0 Å². The van der Waals surface area contributed by atoms with Crippen molar-refractivity contribution in [1.82, 2.24) is 0 Å². The predicted molar refractivity (Wildman–Crippen MR) is 79.8 cm³/mol. The van der Waals surface area contributed by atoms with Crippen LogP contribution in [0.4, 0.5) is 10.7 Å². The van der Waals surface area contributed by atoms with Gasteiger partial charge in [-0.1, -0.05) is 17.7 Å². The summed E-state index contributed by atoms with van der Waals surface area (Å²) >= 11 is 7.81. The lowest BCUT2D eigenvalue weighted by molar-refractivity contribution is -0.136. The molecular formula is C14H14ClNO2S. The standard InChI is InChI=1S/C14H14ClNO2S/c1-2-16(13-4-3-7-19-13)11-6-5-10(8-14(17)18)12(15)9-11/h3-7,9H,2,8H2,1H3,(H,17,18). The first-order chi connectivity index (χ1) is 9.11. The lowest BCUT2D eigenvalue weighted by Crippen LogP contribution is -2.14. The topological polar surface area (TPSA) is 40.5 Å². The number of thiophene rings is 1. The van der Waals surface area contributed by atoms with E-state index in [4.69, 9.17) is 16.7 Å². The second kappa shape index (κ2) is 6.08. The molecular weight excluding hydrogens is 282 g/mol. The Labute approximate surface area is 121 Å². The molecule has 0 bridgehead atoms. The van der Waals surface area contributed by atoms with Crippen molar-refractivity contribution in [1.29, 1.82) is 0 Å². The number of hydrogen-bond donors (Lipinski definition) is 1. The van der Waals surface area contributed by atoms with Gasteiger partial charge in [0.25, 0.3) is 0 Å². The number of aliphatic carboxylic acids is 1. The molecule has 0 amide bonds. The van der Waals surface area contributed by atoms with Crippen LogP contribution in [-0.2, 0) is 11.2 Å².